The predicted octanol–water partition coefficient (Wildman–Crippen LogP) is 3.20. The maximum atomic E-state index is 13.1. The lowest BCUT2D eigenvalue weighted by Gasteiger charge is -2.38. The summed E-state index contributed by atoms with van der Waals surface area (Å²) in [5, 5.41) is 4.79. The summed E-state index contributed by atoms with van der Waals surface area (Å²) in [4.78, 5) is 31.4. The van der Waals surface area contributed by atoms with E-state index in [1.807, 2.05) is 40.1 Å². The molecule has 0 N–H and O–H groups in total. The first-order valence-corrected chi connectivity index (χ1v) is 10.6. The van der Waals surface area contributed by atoms with Crippen molar-refractivity contribution in [2.45, 2.75) is 26.2 Å². The lowest BCUT2D eigenvalue weighted by Crippen LogP contribution is -2.54. The summed E-state index contributed by atoms with van der Waals surface area (Å²) in [7, 11) is 0. The number of urea groups is 1. The van der Waals surface area contributed by atoms with Crippen LogP contribution in [0.1, 0.15) is 35.3 Å². The third-order valence-corrected chi connectivity index (χ3v) is 6.03. The molecule has 154 valence electrons. The summed E-state index contributed by atoms with van der Waals surface area (Å²) < 4.78 is 1.60. The lowest BCUT2D eigenvalue weighted by atomic mass is 10.1. The van der Waals surface area contributed by atoms with Gasteiger partial charge in [-0.15, -0.1) is 0 Å². The summed E-state index contributed by atoms with van der Waals surface area (Å²) in [5.41, 5.74) is 1.86. The van der Waals surface area contributed by atoms with E-state index in [9.17, 15) is 9.59 Å². The van der Waals surface area contributed by atoms with E-state index in [4.69, 9.17) is 11.6 Å². The third-order valence-electron chi connectivity index (χ3n) is 5.68. The second-order valence-corrected chi connectivity index (χ2v) is 7.97. The van der Waals surface area contributed by atoms with Crippen LogP contribution >= 0.6 is 11.6 Å². The number of aromatic nitrogens is 2. The van der Waals surface area contributed by atoms with Crippen molar-refractivity contribution >= 4 is 23.5 Å². The van der Waals surface area contributed by atoms with Gasteiger partial charge >= 0.3 is 6.03 Å². The Hall–Kier alpha value is -2.54. The van der Waals surface area contributed by atoms with Crippen molar-refractivity contribution in [3.8, 4) is 5.69 Å². The van der Waals surface area contributed by atoms with Gasteiger partial charge in [0.1, 0.15) is 5.15 Å². The number of carbonyl (C=O) groups is 2. The van der Waals surface area contributed by atoms with E-state index >= 15 is 0 Å². The fourth-order valence-electron chi connectivity index (χ4n) is 4.03. The Labute approximate surface area is 175 Å². The molecule has 0 atom stereocenters. The number of benzene rings is 1. The number of hydrogen-bond acceptors (Lipinski definition) is 3. The summed E-state index contributed by atoms with van der Waals surface area (Å²) in [6.45, 7) is 5.58. The zero-order chi connectivity index (χ0) is 20.4. The highest BCUT2D eigenvalue weighted by molar-refractivity contribution is 6.33. The minimum Gasteiger partial charge on any atom is -0.335 e. The van der Waals surface area contributed by atoms with Crippen LogP contribution in [0.3, 0.4) is 0 Å². The minimum atomic E-state index is -0.125. The van der Waals surface area contributed by atoms with E-state index in [0.29, 0.717) is 42.6 Å². The largest absolute Gasteiger partial charge is 0.335 e. The Balaban J connectivity index is 1.44. The normalized spacial score (nSPS) is 17.5. The van der Waals surface area contributed by atoms with Gasteiger partial charge in [0, 0.05) is 39.3 Å². The topological polar surface area (TPSA) is 61.7 Å². The highest BCUT2D eigenvalue weighted by Gasteiger charge is 2.31. The molecule has 3 amide bonds. The average molecular weight is 416 g/mol. The smallest absolute Gasteiger partial charge is 0.320 e. The monoisotopic (exact) mass is 415 g/mol. The van der Waals surface area contributed by atoms with E-state index in [0.717, 1.165) is 31.6 Å². The van der Waals surface area contributed by atoms with Crippen molar-refractivity contribution in [3.05, 3.63) is 46.7 Å². The Kier molecular flexibility index (Phi) is 5.76. The summed E-state index contributed by atoms with van der Waals surface area (Å²) in [6, 6.07) is 9.63. The van der Waals surface area contributed by atoms with Crippen LogP contribution in [-0.4, -0.2) is 75.7 Å². The van der Waals surface area contributed by atoms with Crippen LogP contribution in [0.5, 0.6) is 0 Å². The molecule has 4 rings (SSSR count). The number of aryl methyl sites for hydroxylation is 1. The number of nitrogens with zero attached hydrogens (tertiary/aromatic N) is 5. The van der Waals surface area contributed by atoms with Crippen molar-refractivity contribution in [1.82, 2.24) is 24.5 Å². The number of halogens is 1. The molecular weight excluding hydrogens is 390 g/mol. The maximum absolute atomic E-state index is 13.1. The number of piperazine rings is 1. The van der Waals surface area contributed by atoms with Crippen LogP contribution in [0.25, 0.3) is 5.69 Å². The summed E-state index contributed by atoms with van der Waals surface area (Å²) in [6.07, 6.45) is 3.35. The average Bonchev–Trinajstić information content (AvgIpc) is 3.08. The predicted molar refractivity (Wildman–Crippen MR) is 112 cm³/mol. The quantitative estimate of drug-likeness (QED) is 0.756. The summed E-state index contributed by atoms with van der Waals surface area (Å²) in [5.74, 6) is -0.125. The van der Waals surface area contributed by atoms with E-state index in [1.165, 1.54) is 6.42 Å². The minimum absolute atomic E-state index is 0.0999. The Morgan fingerprint density at radius 1 is 0.862 bits per heavy atom. The van der Waals surface area contributed by atoms with Gasteiger partial charge in [-0.25, -0.2) is 9.48 Å². The standard InChI is InChI=1S/C21H26ClN5O2/c1-16-18(19(22)27(23-16)17-8-4-2-5-9-17)20(28)24-12-14-26(15-13-24)21(29)25-10-6-3-7-11-25/h2,4-5,8-9H,3,6-7,10-15H2,1H3. The molecule has 2 aliphatic heterocycles. The van der Waals surface area contributed by atoms with Gasteiger partial charge in [0.05, 0.1) is 16.9 Å². The number of carbonyl (C=O) groups excluding carboxylic acids is 2. The van der Waals surface area contributed by atoms with Gasteiger partial charge in [-0.05, 0) is 38.3 Å². The molecule has 7 nitrogen and oxygen atoms in total. The first-order chi connectivity index (χ1) is 14.1. The highest BCUT2D eigenvalue weighted by atomic mass is 35.5. The van der Waals surface area contributed by atoms with Crippen LogP contribution in [0.4, 0.5) is 4.79 Å². The van der Waals surface area contributed by atoms with Gasteiger partial charge in [0.25, 0.3) is 5.91 Å². The van der Waals surface area contributed by atoms with Crippen molar-refractivity contribution in [2.24, 2.45) is 0 Å². The molecule has 0 aliphatic carbocycles. The molecule has 29 heavy (non-hydrogen) atoms. The fraction of sp³-hybridized carbons (Fsp3) is 0.476. The molecule has 0 spiro atoms. The highest BCUT2D eigenvalue weighted by Crippen LogP contribution is 2.25. The number of piperidine rings is 1. The molecule has 0 saturated carbocycles. The Bertz CT molecular complexity index is 884. The molecule has 8 heteroatoms. The number of rotatable bonds is 2. The zero-order valence-electron chi connectivity index (χ0n) is 16.7. The molecule has 2 aromatic rings. The molecule has 0 bridgehead atoms. The van der Waals surface area contributed by atoms with Crippen LogP contribution in [0, 0.1) is 6.92 Å². The van der Waals surface area contributed by atoms with Gasteiger partial charge in [-0.2, -0.15) is 5.10 Å². The van der Waals surface area contributed by atoms with Crippen LogP contribution < -0.4 is 0 Å². The second-order valence-electron chi connectivity index (χ2n) is 7.61. The van der Waals surface area contributed by atoms with Gasteiger partial charge < -0.3 is 14.7 Å². The van der Waals surface area contributed by atoms with Gasteiger partial charge in [-0.3, -0.25) is 4.79 Å². The molecule has 2 fully saturated rings. The first kappa shape index (κ1) is 19.8. The number of amides is 3. The van der Waals surface area contributed by atoms with E-state index < -0.39 is 0 Å². The molecule has 0 radical (unpaired) electrons. The molecule has 2 aliphatic rings. The first-order valence-electron chi connectivity index (χ1n) is 10.2. The van der Waals surface area contributed by atoms with Crippen LogP contribution in [0.15, 0.2) is 30.3 Å². The molecule has 1 aromatic carbocycles. The SMILES string of the molecule is Cc1nn(-c2ccccc2)c(Cl)c1C(=O)N1CCN(C(=O)N2CCCCC2)CC1. The number of para-hydroxylation sites is 1. The molecule has 1 aromatic heterocycles. The zero-order valence-corrected chi connectivity index (χ0v) is 17.4. The van der Waals surface area contributed by atoms with Gasteiger partial charge in [0.15, 0.2) is 0 Å². The third kappa shape index (κ3) is 3.96. The van der Waals surface area contributed by atoms with Crippen LogP contribution in [0.2, 0.25) is 5.15 Å². The molecule has 0 unspecified atom stereocenters. The van der Waals surface area contributed by atoms with Crippen molar-refractivity contribution in [1.29, 1.82) is 0 Å². The maximum Gasteiger partial charge on any atom is 0.320 e. The molecule has 2 saturated heterocycles. The van der Waals surface area contributed by atoms with Crippen LogP contribution in [-0.2, 0) is 0 Å². The van der Waals surface area contributed by atoms with Gasteiger partial charge in [-0.1, -0.05) is 29.8 Å². The second kappa shape index (κ2) is 8.45. The molecule has 3 heterocycles. The molecular formula is C21H26ClN5O2. The van der Waals surface area contributed by atoms with E-state index in [-0.39, 0.29) is 11.9 Å². The number of likely N-dealkylation sites (tertiary alicyclic amines) is 1. The van der Waals surface area contributed by atoms with Crippen molar-refractivity contribution in [2.75, 3.05) is 39.3 Å². The van der Waals surface area contributed by atoms with Gasteiger partial charge in [0.2, 0.25) is 0 Å². The van der Waals surface area contributed by atoms with E-state index in [2.05, 4.69) is 5.10 Å². The van der Waals surface area contributed by atoms with E-state index in [1.54, 1.807) is 16.5 Å². The van der Waals surface area contributed by atoms with Crippen molar-refractivity contribution < 1.29 is 9.59 Å². The Morgan fingerprint density at radius 3 is 2.10 bits per heavy atom. The lowest BCUT2D eigenvalue weighted by molar-refractivity contribution is 0.0632. The summed E-state index contributed by atoms with van der Waals surface area (Å²) >= 11 is 6.54. The Morgan fingerprint density at radius 2 is 1.45 bits per heavy atom. The number of hydrogen-bond donors (Lipinski definition) is 0. The fourth-order valence-corrected chi connectivity index (χ4v) is 4.38. The van der Waals surface area contributed by atoms with Crippen molar-refractivity contribution in [3.63, 3.8) is 0 Å².